The highest BCUT2D eigenvalue weighted by molar-refractivity contribution is 5.97. The van der Waals surface area contributed by atoms with Crippen LogP contribution in [0.2, 0.25) is 0 Å². The van der Waals surface area contributed by atoms with Crippen molar-refractivity contribution in [1.29, 1.82) is 0 Å². The largest absolute Gasteiger partial charge is 0.354 e. The second-order valence-electron chi connectivity index (χ2n) is 4.90. The van der Waals surface area contributed by atoms with Gasteiger partial charge in [-0.3, -0.25) is 9.59 Å². The van der Waals surface area contributed by atoms with Gasteiger partial charge in [0.2, 0.25) is 11.8 Å². The van der Waals surface area contributed by atoms with Crippen LogP contribution in [0.5, 0.6) is 0 Å². The fraction of sp³-hybridized carbons (Fsp3) is 0.429. The lowest BCUT2D eigenvalue weighted by Gasteiger charge is -2.21. The van der Waals surface area contributed by atoms with Crippen LogP contribution in [0, 0.1) is 17.6 Å². The summed E-state index contributed by atoms with van der Waals surface area (Å²) in [5.74, 6) is -2.23. The Labute approximate surface area is 116 Å². The van der Waals surface area contributed by atoms with E-state index in [0.29, 0.717) is 12.6 Å². The summed E-state index contributed by atoms with van der Waals surface area (Å²) in [5.41, 5.74) is -0.112. The molecule has 20 heavy (non-hydrogen) atoms. The molecular formula is C14H18F2N2O2. The highest BCUT2D eigenvalue weighted by Crippen LogP contribution is 2.20. The molecule has 2 amide bonds. The number of halogens is 2. The molecule has 0 spiro atoms. The molecule has 0 aromatic heterocycles. The number of hydrogen-bond acceptors (Lipinski definition) is 2. The van der Waals surface area contributed by atoms with Crippen molar-refractivity contribution in [2.75, 3.05) is 18.0 Å². The average molecular weight is 284 g/mol. The van der Waals surface area contributed by atoms with E-state index in [1.807, 2.05) is 13.8 Å². The monoisotopic (exact) mass is 284 g/mol. The minimum Gasteiger partial charge on any atom is -0.354 e. The van der Waals surface area contributed by atoms with Gasteiger partial charge in [0, 0.05) is 19.5 Å². The van der Waals surface area contributed by atoms with Crippen molar-refractivity contribution in [3.63, 3.8) is 0 Å². The maximum absolute atomic E-state index is 13.7. The molecule has 1 aromatic carbocycles. The topological polar surface area (TPSA) is 49.4 Å². The molecule has 1 aromatic rings. The summed E-state index contributed by atoms with van der Waals surface area (Å²) >= 11 is 0. The van der Waals surface area contributed by atoms with Gasteiger partial charge in [0.15, 0.2) is 0 Å². The molecule has 0 aliphatic carbocycles. The second kappa shape index (κ2) is 6.98. The van der Waals surface area contributed by atoms with Crippen LogP contribution in [0.1, 0.15) is 20.8 Å². The third-order valence-corrected chi connectivity index (χ3v) is 2.59. The Balaban J connectivity index is 2.84. The first-order valence-electron chi connectivity index (χ1n) is 6.31. The van der Waals surface area contributed by atoms with E-state index in [1.54, 1.807) is 0 Å². The fourth-order valence-electron chi connectivity index (χ4n) is 1.58. The van der Waals surface area contributed by atoms with Crippen LogP contribution in [0.3, 0.4) is 0 Å². The third kappa shape index (κ3) is 4.60. The summed E-state index contributed by atoms with van der Waals surface area (Å²) in [6.45, 7) is 5.25. The van der Waals surface area contributed by atoms with Crippen LogP contribution in [-0.2, 0) is 9.59 Å². The van der Waals surface area contributed by atoms with Gasteiger partial charge in [-0.2, -0.15) is 0 Å². The number of nitrogens with zero attached hydrogens (tertiary/aromatic N) is 1. The van der Waals surface area contributed by atoms with E-state index in [4.69, 9.17) is 0 Å². The molecule has 0 bridgehead atoms. The number of hydrogen-bond donors (Lipinski definition) is 1. The maximum atomic E-state index is 13.7. The van der Waals surface area contributed by atoms with Gasteiger partial charge < -0.3 is 10.2 Å². The zero-order valence-electron chi connectivity index (χ0n) is 11.7. The van der Waals surface area contributed by atoms with Gasteiger partial charge >= 0.3 is 0 Å². The molecule has 4 nitrogen and oxygen atoms in total. The Morgan fingerprint density at radius 1 is 1.30 bits per heavy atom. The molecule has 1 N–H and O–H groups in total. The van der Waals surface area contributed by atoms with Gasteiger partial charge in [-0.1, -0.05) is 13.8 Å². The summed E-state index contributed by atoms with van der Waals surface area (Å²) in [7, 11) is 0. The maximum Gasteiger partial charge on any atom is 0.240 e. The SMILES string of the molecule is CC(=O)N(CC(=O)NCC(C)C)c1ccc(F)cc1F. The van der Waals surface area contributed by atoms with Gasteiger partial charge in [-0.05, 0) is 18.1 Å². The Hall–Kier alpha value is -1.98. The van der Waals surface area contributed by atoms with E-state index in [0.717, 1.165) is 17.0 Å². The molecule has 0 unspecified atom stereocenters. The number of carbonyl (C=O) groups is 2. The standard InChI is InChI=1S/C14H18F2N2O2/c1-9(2)7-17-14(20)8-18(10(3)19)13-5-4-11(15)6-12(13)16/h4-6,9H,7-8H2,1-3H3,(H,17,20). The lowest BCUT2D eigenvalue weighted by Crippen LogP contribution is -2.41. The quantitative estimate of drug-likeness (QED) is 0.900. The molecule has 0 aliphatic heterocycles. The first kappa shape index (κ1) is 16.1. The molecule has 110 valence electrons. The normalized spacial score (nSPS) is 10.5. The van der Waals surface area contributed by atoms with Gasteiger partial charge in [0.05, 0.1) is 5.69 Å². The number of rotatable bonds is 5. The van der Waals surface area contributed by atoms with Crippen molar-refractivity contribution in [2.45, 2.75) is 20.8 Å². The summed E-state index contributed by atoms with van der Waals surface area (Å²) in [4.78, 5) is 24.2. The number of carbonyl (C=O) groups excluding carboxylic acids is 2. The predicted octanol–water partition coefficient (Wildman–Crippen LogP) is 2.09. The number of benzene rings is 1. The minimum atomic E-state index is -0.878. The third-order valence-electron chi connectivity index (χ3n) is 2.59. The van der Waals surface area contributed by atoms with E-state index in [9.17, 15) is 18.4 Å². The van der Waals surface area contributed by atoms with Crippen LogP contribution < -0.4 is 10.2 Å². The van der Waals surface area contributed by atoms with Crippen LogP contribution in [-0.4, -0.2) is 24.9 Å². The molecule has 0 aliphatic rings. The number of amides is 2. The molecule has 6 heteroatoms. The molecule has 0 saturated heterocycles. The first-order chi connectivity index (χ1) is 9.31. The second-order valence-corrected chi connectivity index (χ2v) is 4.90. The highest BCUT2D eigenvalue weighted by Gasteiger charge is 2.19. The molecule has 0 saturated carbocycles. The average Bonchev–Trinajstić information content (AvgIpc) is 2.34. The van der Waals surface area contributed by atoms with Crippen molar-refractivity contribution < 1.29 is 18.4 Å². The highest BCUT2D eigenvalue weighted by atomic mass is 19.1. The van der Waals surface area contributed by atoms with Crippen molar-refractivity contribution >= 4 is 17.5 Å². The molecule has 0 heterocycles. The summed E-state index contributed by atoms with van der Waals surface area (Å²) in [6.07, 6.45) is 0. The molecule has 1 rings (SSSR count). The summed E-state index contributed by atoms with van der Waals surface area (Å²) < 4.78 is 26.5. The summed E-state index contributed by atoms with van der Waals surface area (Å²) in [6, 6.07) is 2.86. The molecule has 0 fully saturated rings. The zero-order chi connectivity index (χ0) is 15.3. The van der Waals surface area contributed by atoms with Crippen molar-refractivity contribution in [3.8, 4) is 0 Å². The molecular weight excluding hydrogens is 266 g/mol. The van der Waals surface area contributed by atoms with Gasteiger partial charge in [-0.25, -0.2) is 8.78 Å². The van der Waals surface area contributed by atoms with Crippen molar-refractivity contribution in [3.05, 3.63) is 29.8 Å². The van der Waals surface area contributed by atoms with Crippen LogP contribution in [0.25, 0.3) is 0 Å². The van der Waals surface area contributed by atoms with E-state index in [1.165, 1.54) is 6.92 Å². The van der Waals surface area contributed by atoms with E-state index >= 15 is 0 Å². The van der Waals surface area contributed by atoms with Crippen molar-refractivity contribution in [2.24, 2.45) is 5.92 Å². The minimum absolute atomic E-state index is 0.112. The van der Waals surface area contributed by atoms with Crippen molar-refractivity contribution in [1.82, 2.24) is 5.32 Å². The summed E-state index contributed by atoms with van der Waals surface area (Å²) in [5, 5.41) is 2.64. The lowest BCUT2D eigenvalue weighted by atomic mass is 10.2. The Bertz CT molecular complexity index is 504. The van der Waals surface area contributed by atoms with E-state index in [-0.39, 0.29) is 18.2 Å². The lowest BCUT2D eigenvalue weighted by molar-refractivity contribution is -0.123. The van der Waals surface area contributed by atoms with Crippen LogP contribution in [0.4, 0.5) is 14.5 Å². The first-order valence-corrected chi connectivity index (χ1v) is 6.31. The smallest absolute Gasteiger partial charge is 0.240 e. The number of nitrogens with one attached hydrogen (secondary N) is 1. The Morgan fingerprint density at radius 2 is 1.95 bits per heavy atom. The molecule has 0 radical (unpaired) electrons. The van der Waals surface area contributed by atoms with Gasteiger partial charge in [0.25, 0.3) is 0 Å². The predicted molar refractivity (Wildman–Crippen MR) is 72.2 cm³/mol. The van der Waals surface area contributed by atoms with E-state index in [2.05, 4.69) is 5.32 Å². The molecule has 0 atom stereocenters. The van der Waals surface area contributed by atoms with E-state index < -0.39 is 23.4 Å². The zero-order valence-corrected chi connectivity index (χ0v) is 11.7. The van der Waals surface area contributed by atoms with Crippen LogP contribution in [0.15, 0.2) is 18.2 Å². The Kier molecular flexibility index (Phi) is 5.61. The number of anilines is 1. The van der Waals surface area contributed by atoms with Crippen LogP contribution >= 0.6 is 0 Å². The van der Waals surface area contributed by atoms with Gasteiger partial charge in [-0.15, -0.1) is 0 Å². The fourth-order valence-corrected chi connectivity index (χ4v) is 1.58. The Morgan fingerprint density at radius 3 is 2.45 bits per heavy atom. The van der Waals surface area contributed by atoms with Gasteiger partial charge in [0.1, 0.15) is 18.2 Å².